The van der Waals surface area contributed by atoms with E-state index in [0.29, 0.717) is 6.29 Å². The average Bonchev–Trinajstić information content (AvgIpc) is 2.11. The highest BCUT2D eigenvalue weighted by molar-refractivity contribution is 5.73. The van der Waals surface area contributed by atoms with E-state index in [1.807, 2.05) is 0 Å². The molecule has 0 fully saturated rings. The summed E-state index contributed by atoms with van der Waals surface area (Å²) in [5.74, 6) is 0. The third-order valence-electron chi connectivity index (χ3n) is 1.84. The minimum atomic E-state index is -4.25. The van der Waals surface area contributed by atoms with E-state index in [2.05, 4.69) is 5.32 Å². The van der Waals surface area contributed by atoms with Crippen molar-refractivity contribution in [1.29, 1.82) is 0 Å². The second-order valence-electron chi connectivity index (χ2n) is 4.90. The van der Waals surface area contributed by atoms with Gasteiger partial charge in [0.15, 0.2) is 0 Å². The van der Waals surface area contributed by atoms with Gasteiger partial charge in [0.1, 0.15) is 11.9 Å². The fourth-order valence-corrected chi connectivity index (χ4v) is 1.16. The highest BCUT2D eigenvalue weighted by Gasteiger charge is 2.27. The van der Waals surface area contributed by atoms with Crippen molar-refractivity contribution in [3.05, 3.63) is 0 Å². The van der Waals surface area contributed by atoms with Crippen molar-refractivity contribution in [3.8, 4) is 0 Å². The zero-order chi connectivity index (χ0) is 14.4. The molecular formula is C11H18F3NO3. The zero-order valence-electron chi connectivity index (χ0n) is 10.6. The number of halogens is 3. The van der Waals surface area contributed by atoms with Crippen molar-refractivity contribution in [2.75, 3.05) is 0 Å². The van der Waals surface area contributed by atoms with Crippen molar-refractivity contribution in [2.45, 2.75) is 57.9 Å². The van der Waals surface area contributed by atoms with Gasteiger partial charge in [-0.05, 0) is 33.6 Å². The number of carbonyl (C=O) groups excluding carboxylic acids is 2. The SMILES string of the molecule is CC(C)(C)OC(=O)N[C@H](C=O)CCCC(F)(F)F. The minimum absolute atomic E-state index is 0.0672. The predicted octanol–water partition coefficient (Wildman–Crippen LogP) is 2.81. The monoisotopic (exact) mass is 269 g/mol. The number of hydrogen-bond donors (Lipinski definition) is 1. The van der Waals surface area contributed by atoms with E-state index in [0.717, 1.165) is 0 Å². The predicted molar refractivity (Wildman–Crippen MR) is 59.1 cm³/mol. The van der Waals surface area contributed by atoms with Crippen LogP contribution in [0.1, 0.15) is 40.0 Å². The van der Waals surface area contributed by atoms with Crippen molar-refractivity contribution in [2.24, 2.45) is 0 Å². The third kappa shape index (κ3) is 9.92. The molecule has 0 aliphatic carbocycles. The summed E-state index contributed by atoms with van der Waals surface area (Å²) in [6, 6.07) is -0.956. The van der Waals surface area contributed by atoms with Crippen LogP contribution in [0.3, 0.4) is 0 Å². The highest BCUT2D eigenvalue weighted by Crippen LogP contribution is 2.22. The summed E-state index contributed by atoms with van der Waals surface area (Å²) in [5.41, 5.74) is -0.719. The van der Waals surface area contributed by atoms with Gasteiger partial charge in [0, 0.05) is 6.42 Å². The van der Waals surface area contributed by atoms with Gasteiger partial charge in [-0.25, -0.2) is 4.79 Å². The molecule has 106 valence electrons. The normalized spacial score (nSPS) is 13.9. The Bertz CT molecular complexity index is 284. The first-order valence-corrected chi connectivity index (χ1v) is 5.55. The number of rotatable bonds is 5. The number of ether oxygens (including phenoxy) is 1. The average molecular weight is 269 g/mol. The Morgan fingerprint density at radius 1 is 1.33 bits per heavy atom. The topological polar surface area (TPSA) is 55.4 Å². The molecule has 0 unspecified atom stereocenters. The fourth-order valence-electron chi connectivity index (χ4n) is 1.16. The third-order valence-corrected chi connectivity index (χ3v) is 1.84. The summed E-state index contributed by atoms with van der Waals surface area (Å²) in [5, 5.41) is 2.21. The van der Waals surface area contributed by atoms with Crippen LogP contribution in [0.5, 0.6) is 0 Å². The summed E-state index contributed by atoms with van der Waals surface area (Å²) in [4.78, 5) is 21.9. The molecule has 1 amide bonds. The molecule has 0 spiro atoms. The first kappa shape index (κ1) is 16.7. The molecule has 0 aromatic heterocycles. The molecule has 0 saturated heterocycles. The van der Waals surface area contributed by atoms with E-state index < -0.39 is 30.3 Å². The molecular weight excluding hydrogens is 251 g/mol. The first-order valence-electron chi connectivity index (χ1n) is 5.55. The van der Waals surface area contributed by atoms with Crippen LogP contribution in [-0.4, -0.2) is 30.2 Å². The highest BCUT2D eigenvalue weighted by atomic mass is 19.4. The molecule has 0 aliphatic heterocycles. The van der Waals surface area contributed by atoms with E-state index in [9.17, 15) is 22.8 Å². The smallest absolute Gasteiger partial charge is 0.408 e. The van der Waals surface area contributed by atoms with E-state index in [1.54, 1.807) is 20.8 Å². The Labute approximate surface area is 104 Å². The quantitative estimate of drug-likeness (QED) is 0.781. The Hall–Kier alpha value is -1.27. The van der Waals surface area contributed by atoms with Crippen LogP contribution >= 0.6 is 0 Å². The summed E-state index contributed by atoms with van der Waals surface area (Å²) < 4.78 is 40.6. The molecule has 0 aromatic carbocycles. The van der Waals surface area contributed by atoms with E-state index in [4.69, 9.17) is 4.74 Å². The standard InChI is InChI=1S/C11H18F3NO3/c1-10(2,3)18-9(17)15-8(7-16)5-4-6-11(12,13)14/h7-8H,4-6H2,1-3H3,(H,15,17)/t8-/m0/s1. The molecule has 1 N–H and O–H groups in total. The maximum atomic E-state index is 11.9. The largest absolute Gasteiger partial charge is 0.444 e. The van der Waals surface area contributed by atoms with Gasteiger partial charge < -0.3 is 14.8 Å². The van der Waals surface area contributed by atoms with Gasteiger partial charge in [-0.2, -0.15) is 13.2 Å². The van der Waals surface area contributed by atoms with Gasteiger partial charge in [-0.3, -0.25) is 0 Å². The van der Waals surface area contributed by atoms with Crippen LogP contribution in [0.4, 0.5) is 18.0 Å². The lowest BCUT2D eigenvalue weighted by Crippen LogP contribution is -2.40. The maximum Gasteiger partial charge on any atom is 0.408 e. The van der Waals surface area contributed by atoms with Crippen LogP contribution in [0, 0.1) is 0 Å². The lowest BCUT2D eigenvalue weighted by Gasteiger charge is -2.21. The molecule has 0 bridgehead atoms. The van der Waals surface area contributed by atoms with Crippen LogP contribution < -0.4 is 5.32 Å². The Morgan fingerprint density at radius 2 is 1.89 bits per heavy atom. The van der Waals surface area contributed by atoms with Crippen molar-refractivity contribution >= 4 is 12.4 Å². The van der Waals surface area contributed by atoms with E-state index in [-0.39, 0.29) is 12.8 Å². The van der Waals surface area contributed by atoms with Gasteiger partial charge in [0.05, 0.1) is 6.04 Å². The first-order chi connectivity index (χ1) is 8.03. The number of hydrogen-bond acceptors (Lipinski definition) is 3. The second-order valence-corrected chi connectivity index (χ2v) is 4.90. The molecule has 4 nitrogen and oxygen atoms in total. The molecule has 0 rings (SSSR count). The van der Waals surface area contributed by atoms with Gasteiger partial charge in [-0.15, -0.1) is 0 Å². The number of alkyl carbamates (subject to hydrolysis) is 1. The number of alkyl halides is 3. The van der Waals surface area contributed by atoms with Crippen molar-refractivity contribution in [1.82, 2.24) is 5.32 Å². The Morgan fingerprint density at radius 3 is 2.28 bits per heavy atom. The van der Waals surface area contributed by atoms with Gasteiger partial charge >= 0.3 is 12.3 Å². The number of carbonyl (C=O) groups is 2. The lowest BCUT2D eigenvalue weighted by molar-refractivity contribution is -0.136. The second kappa shape index (κ2) is 6.61. The van der Waals surface area contributed by atoms with E-state index in [1.165, 1.54) is 0 Å². The Balaban J connectivity index is 4.04. The minimum Gasteiger partial charge on any atom is -0.444 e. The van der Waals surface area contributed by atoms with Crippen molar-refractivity contribution < 1.29 is 27.5 Å². The molecule has 0 radical (unpaired) electrons. The van der Waals surface area contributed by atoms with Gasteiger partial charge in [0.2, 0.25) is 0 Å². The summed E-state index contributed by atoms with van der Waals surface area (Å²) in [6.45, 7) is 4.93. The summed E-state index contributed by atoms with van der Waals surface area (Å²) in [6.07, 6.45) is -5.93. The summed E-state index contributed by atoms with van der Waals surface area (Å²) in [7, 11) is 0. The molecule has 0 aromatic rings. The molecule has 0 saturated carbocycles. The molecule has 7 heteroatoms. The van der Waals surface area contributed by atoms with Crippen LogP contribution in [-0.2, 0) is 9.53 Å². The number of aldehydes is 1. The van der Waals surface area contributed by atoms with E-state index >= 15 is 0 Å². The Kier molecular flexibility index (Phi) is 6.14. The van der Waals surface area contributed by atoms with Crippen LogP contribution in [0.15, 0.2) is 0 Å². The molecule has 18 heavy (non-hydrogen) atoms. The molecule has 0 heterocycles. The van der Waals surface area contributed by atoms with Crippen LogP contribution in [0.2, 0.25) is 0 Å². The van der Waals surface area contributed by atoms with Crippen LogP contribution in [0.25, 0.3) is 0 Å². The van der Waals surface area contributed by atoms with Crippen molar-refractivity contribution in [3.63, 3.8) is 0 Å². The number of nitrogens with one attached hydrogen (secondary N) is 1. The summed E-state index contributed by atoms with van der Waals surface area (Å²) >= 11 is 0. The molecule has 1 atom stereocenters. The van der Waals surface area contributed by atoms with Gasteiger partial charge in [0.25, 0.3) is 0 Å². The maximum absolute atomic E-state index is 11.9. The zero-order valence-corrected chi connectivity index (χ0v) is 10.6. The number of amides is 1. The lowest BCUT2D eigenvalue weighted by atomic mass is 10.1. The molecule has 0 aliphatic rings. The van der Waals surface area contributed by atoms with Gasteiger partial charge in [-0.1, -0.05) is 0 Å². The fraction of sp³-hybridized carbons (Fsp3) is 0.818.